The molecule has 2 atom stereocenters. The minimum absolute atomic E-state index is 0.102. The Hall–Kier alpha value is -2.62. The number of hydrogen-bond acceptors (Lipinski definition) is 4. The van der Waals surface area contributed by atoms with Crippen LogP contribution in [-0.2, 0) is 4.74 Å². The normalized spacial score (nSPS) is 19.4. The van der Waals surface area contributed by atoms with Crippen molar-refractivity contribution < 1.29 is 18.7 Å². The zero-order chi connectivity index (χ0) is 18.5. The van der Waals surface area contributed by atoms with Gasteiger partial charge in [0.2, 0.25) is 0 Å². The topological polar surface area (TPSA) is 71.3 Å². The van der Waals surface area contributed by atoms with Crippen LogP contribution in [0.25, 0.3) is 0 Å². The zero-order valence-corrected chi connectivity index (χ0v) is 14.5. The summed E-state index contributed by atoms with van der Waals surface area (Å²) in [7, 11) is 0. The predicted molar refractivity (Wildman–Crippen MR) is 93.7 cm³/mol. The van der Waals surface area contributed by atoms with Gasteiger partial charge in [0.25, 0.3) is 5.91 Å². The number of carbonyl (C=O) groups excluding carboxylic acids is 1. The lowest BCUT2D eigenvalue weighted by molar-refractivity contribution is -0.0135. The van der Waals surface area contributed by atoms with E-state index in [0.717, 1.165) is 0 Å². The van der Waals surface area contributed by atoms with Crippen LogP contribution in [0.15, 0.2) is 42.5 Å². The van der Waals surface area contributed by atoms with Gasteiger partial charge < -0.3 is 14.8 Å². The molecule has 0 spiro atoms. The first kappa shape index (κ1) is 18.2. The van der Waals surface area contributed by atoms with Crippen LogP contribution in [0.4, 0.5) is 4.39 Å². The van der Waals surface area contributed by atoms with Gasteiger partial charge in [0.05, 0.1) is 34.9 Å². The van der Waals surface area contributed by atoms with E-state index in [1.54, 1.807) is 24.3 Å². The summed E-state index contributed by atoms with van der Waals surface area (Å²) in [6, 6.07) is 12.6. The monoisotopic (exact) mass is 374 g/mol. The van der Waals surface area contributed by atoms with Crippen molar-refractivity contribution in [1.82, 2.24) is 5.32 Å². The van der Waals surface area contributed by atoms with E-state index in [9.17, 15) is 9.18 Å². The van der Waals surface area contributed by atoms with Gasteiger partial charge in [-0.05, 0) is 42.8 Å². The summed E-state index contributed by atoms with van der Waals surface area (Å²) in [5.41, 5.74) is 0.416. The van der Waals surface area contributed by atoms with Crippen molar-refractivity contribution >= 4 is 17.5 Å². The van der Waals surface area contributed by atoms with Gasteiger partial charge >= 0.3 is 0 Å². The SMILES string of the molecule is N#Cc1ccc(O[C@@H]2COCC[C@H]2NC(=O)c2cccc(Cl)c2F)cc1. The minimum atomic E-state index is -0.747. The number of nitriles is 1. The highest BCUT2D eigenvalue weighted by Crippen LogP contribution is 2.21. The number of nitrogens with zero attached hydrogens (tertiary/aromatic N) is 1. The molecule has 0 radical (unpaired) electrons. The molecular formula is C19H16ClFN2O3. The van der Waals surface area contributed by atoms with Crippen LogP contribution < -0.4 is 10.1 Å². The van der Waals surface area contributed by atoms with Crippen molar-refractivity contribution in [2.24, 2.45) is 0 Å². The van der Waals surface area contributed by atoms with E-state index in [4.69, 9.17) is 26.3 Å². The van der Waals surface area contributed by atoms with E-state index in [2.05, 4.69) is 5.32 Å². The number of amides is 1. The molecule has 2 aromatic rings. The fraction of sp³-hybridized carbons (Fsp3) is 0.263. The van der Waals surface area contributed by atoms with Gasteiger partial charge in [-0.15, -0.1) is 0 Å². The number of halogens is 2. The van der Waals surface area contributed by atoms with Crippen LogP contribution in [0.5, 0.6) is 5.75 Å². The number of rotatable bonds is 4. The van der Waals surface area contributed by atoms with Crippen molar-refractivity contribution in [1.29, 1.82) is 5.26 Å². The van der Waals surface area contributed by atoms with Crippen molar-refractivity contribution in [3.8, 4) is 11.8 Å². The smallest absolute Gasteiger partial charge is 0.254 e. The van der Waals surface area contributed by atoms with Crippen molar-refractivity contribution in [3.05, 3.63) is 64.4 Å². The molecule has 1 saturated heterocycles. The summed E-state index contributed by atoms with van der Waals surface area (Å²) >= 11 is 5.74. The second-order valence-corrected chi connectivity index (χ2v) is 6.24. The van der Waals surface area contributed by atoms with Gasteiger partial charge in [0.15, 0.2) is 5.82 Å². The highest BCUT2D eigenvalue weighted by molar-refractivity contribution is 6.31. The highest BCUT2D eigenvalue weighted by Gasteiger charge is 2.30. The Morgan fingerprint density at radius 1 is 1.31 bits per heavy atom. The van der Waals surface area contributed by atoms with Crippen molar-refractivity contribution in [2.45, 2.75) is 18.6 Å². The molecule has 1 amide bonds. The predicted octanol–water partition coefficient (Wildman–Crippen LogP) is 3.32. The summed E-state index contributed by atoms with van der Waals surface area (Å²) in [5, 5.41) is 11.5. The lowest BCUT2D eigenvalue weighted by Gasteiger charge is -2.32. The molecule has 1 aliphatic heterocycles. The van der Waals surface area contributed by atoms with Crippen LogP contribution in [0.2, 0.25) is 5.02 Å². The summed E-state index contributed by atoms with van der Waals surface area (Å²) in [6.07, 6.45) is 0.109. The molecule has 0 aromatic heterocycles. The van der Waals surface area contributed by atoms with Gasteiger partial charge in [0, 0.05) is 6.61 Å². The first-order valence-corrected chi connectivity index (χ1v) is 8.45. The number of ether oxygens (including phenoxy) is 2. The van der Waals surface area contributed by atoms with Crippen LogP contribution in [0, 0.1) is 17.1 Å². The standard InChI is InChI=1S/C19H16ClFN2O3/c20-15-3-1-2-14(18(15)21)19(24)23-16-8-9-25-11-17(16)26-13-6-4-12(10-22)5-7-13/h1-7,16-17H,8-9,11H2,(H,23,24)/t16-,17-/m1/s1. The highest BCUT2D eigenvalue weighted by atomic mass is 35.5. The maximum atomic E-state index is 14.0. The van der Waals surface area contributed by atoms with E-state index < -0.39 is 17.8 Å². The average Bonchev–Trinajstić information content (AvgIpc) is 2.66. The molecule has 5 nitrogen and oxygen atoms in total. The maximum Gasteiger partial charge on any atom is 0.254 e. The largest absolute Gasteiger partial charge is 0.486 e. The Morgan fingerprint density at radius 3 is 2.81 bits per heavy atom. The van der Waals surface area contributed by atoms with E-state index in [1.165, 1.54) is 18.2 Å². The van der Waals surface area contributed by atoms with Gasteiger partial charge in [-0.3, -0.25) is 4.79 Å². The Labute approximate surface area is 155 Å². The molecule has 0 bridgehead atoms. The molecule has 1 heterocycles. The molecule has 2 aromatic carbocycles. The van der Waals surface area contributed by atoms with Crippen LogP contribution in [0.3, 0.4) is 0 Å². The molecule has 1 fully saturated rings. The number of benzene rings is 2. The summed E-state index contributed by atoms with van der Waals surface area (Å²) in [5.74, 6) is -0.735. The summed E-state index contributed by atoms with van der Waals surface area (Å²) in [4.78, 5) is 12.4. The third-order valence-corrected chi connectivity index (χ3v) is 4.38. The first-order valence-electron chi connectivity index (χ1n) is 8.08. The maximum absolute atomic E-state index is 14.0. The zero-order valence-electron chi connectivity index (χ0n) is 13.7. The van der Waals surface area contributed by atoms with Gasteiger partial charge in [-0.2, -0.15) is 5.26 Å². The fourth-order valence-corrected chi connectivity index (χ4v) is 2.88. The molecule has 134 valence electrons. The number of hydrogen-bond donors (Lipinski definition) is 1. The van der Waals surface area contributed by atoms with Crippen LogP contribution in [0.1, 0.15) is 22.3 Å². The van der Waals surface area contributed by atoms with Gasteiger partial charge in [-0.25, -0.2) is 4.39 Å². The Kier molecular flexibility index (Phi) is 5.71. The third-order valence-electron chi connectivity index (χ3n) is 4.09. The molecule has 1 aliphatic rings. The van der Waals surface area contributed by atoms with Gasteiger partial charge in [-0.1, -0.05) is 17.7 Å². The number of nitrogens with one attached hydrogen (secondary N) is 1. The Bertz CT molecular complexity index is 836. The van der Waals surface area contributed by atoms with Crippen molar-refractivity contribution in [3.63, 3.8) is 0 Å². The minimum Gasteiger partial charge on any atom is -0.486 e. The summed E-state index contributed by atoms with van der Waals surface area (Å²) in [6.45, 7) is 0.763. The third kappa shape index (κ3) is 4.13. The van der Waals surface area contributed by atoms with E-state index in [-0.39, 0.29) is 16.6 Å². The molecule has 26 heavy (non-hydrogen) atoms. The molecule has 7 heteroatoms. The summed E-state index contributed by atoms with van der Waals surface area (Å²) < 4.78 is 25.4. The van der Waals surface area contributed by atoms with Crippen molar-refractivity contribution in [2.75, 3.05) is 13.2 Å². The second-order valence-electron chi connectivity index (χ2n) is 5.84. The molecule has 0 saturated carbocycles. The van der Waals surface area contributed by atoms with Crippen LogP contribution >= 0.6 is 11.6 Å². The van der Waals surface area contributed by atoms with E-state index >= 15 is 0 Å². The Morgan fingerprint density at radius 2 is 2.08 bits per heavy atom. The second kappa shape index (κ2) is 8.17. The quantitative estimate of drug-likeness (QED) is 0.891. The van der Waals surface area contributed by atoms with E-state index in [0.29, 0.717) is 30.9 Å². The molecular weight excluding hydrogens is 359 g/mol. The lowest BCUT2D eigenvalue weighted by Crippen LogP contribution is -2.51. The lowest BCUT2D eigenvalue weighted by atomic mass is 10.0. The molecule has 1 N–H and O–H groups in total. The van der Waals surface area contributed by atoms with Gasteiger partial charge in [0.1, 0.15) is 11.9 Å². The van der Waals surface area contributed by atoms with E-state index in [1.807, 2.05) is 6.07 Å². The fourth-order valence-electron chi connectivity index (χ4n) is 2.70. The molecule has 3 rings (SSSR count). The Balaban J connectivity index is 1.71. The molecule has 0 unspecified atom stereocenters. The first-order chi connectivity index (χ1) is 12.6. The number of carbonyl (C=O) groups is 1. The van der Waals surface area contributed by atoms with Crippen LogP contribution in [-0.4, -0.2) is 31.3 Å². The average molecular weight is 375 g/mol. The molecule has 0 aliphatic carbocycles.